The normalized spacial score (nSPS) is 23.7. The molecule has 1 unspecified atom stereocenters. The van der Waals surface area contributed by atoms with Gasteiger partial charge in [0.1, 0.15) is 0 Å². The van der Waals surface area contributed by atoms with Gasteiger partial charge in [-0.15, -0.1) is 11.3 Å². The maximum Gasteiger partial charge on any atom is 0.246 e. The predicted molar refractivity (Wildman–Crippen MR) is 73.2 cm³/mol. The highest BCUT2D eigenvalue weighted by atomic mass is 32.1. The maximum absolute atomic E-state index is 5.44. The van der Waals surface area contributed by atoms with Gasteiger partial charge in [-0.25, -0.2) is 4.98 Å². The Morgan fingerprint density at radius 3 is 3.00 bits per heavy atom. The molecule has 2 aromatic heterocycles. The first kappa shape index (κ1) is 12.7. The molecule has 1 aliphatic rings. The van der Waals surface area contributed by atoms with Crippen molar-refractivity contribution >= 4 is 11.3 Å². The van der Waals surface area contributed by atoms with Gasteiger partial charge in [-0.2, -0.15) is 4.98 Å². The molecule has 0 bridgehead atoms. The summed E-state index contributed by atoms with van der Waals surface area (Å²) in [4.78, 5) is 8.96. The number of hydrogen-bond acceptors (Lipinski definition) is 6. The van der Waals surface area contributed by atoms with Crippen LogP contribution in [0.3, 0.4) is 0 Å². The van der Waals surface area contributed by atoms with Crippen LogP contribution in [0.2, 0.25) is 0 Å². The fraction of sp³-hybridized carbons (Fsp3) is 0.615. The standard InChI is InChI=1S/C13H18N4OS/c1-9-15-10(8-19-9)7-11-16-12(18-17-11)13(2)5-3-4-6-14-13/h8,14H,3-7H2,1-2H3. The van der Waals surface area contributed by atoms with Gasteiger partial charge in [0.15, 0.2) is 5.82 Å². The number of piperidine rings is 1. The lowest BCUT2D eigenvalue weighted by Gasteiger charge is -2.31. The Balaban J connectivity index is 1.75. The average Bonchev–Trinajstić information content (AvgIpc) is 3.01. The van der Waals surface area contributed by atoms with Gasteiger partial charge < -0.3 is 9.84 Å². The molecular weight excluding hydrogens is 260 g/mol. The van der Waals surface area contributed by atoms with Crippen LogP contribution in [-0.4, -0.2) is 21.7 Å². The number of nitrogens with zero attached hydrogens (tertiary/aromatic N) is 3. The van der Waals surface area contributed by atoms with Gasteiger partial charge in [-0.1, -0.05) is 5.16 Å². The summed E-state index contributed by atoms with van der Waals surface area (Å²) in [5, 5.41) is 10.7. The fourth-order valence-corrected chi connectivity index (χ4v) is 3.05. The molecule has 1 N–H and O–H groups in total. The van der Waals surface area contributed by atoms with Crippen molar-refractivity contribution in [2.24, 2.45) is 0 Å². The first-order chi connectivity index (χ1) is 9.16. The summed E-state index contributed by atoms with van der Waals surface area (Å²) < 4.78 is 5.44. The molecule has 102 valence electrons. The average molecular weight is 278 g/mol. The number of aromatic nitrogens is 3. The molecule has 5 nitrogen and oxygen atoms in total. The van der Waals surface area contributed by atoms with Gasteiger partial charge in [-0.05, 0) is 39.7 Å². The van der Waals surface area contributed by atoms with Gasteiger partial charge in [-0.3, -0.25) is 0 Å². The zero-order valence-corrected chi connectivity index (χ0v) is 12.1. The molecule has 0 spiro atoms. The van der Waals surface area contributed by atoms with Gasteiger partial charge >= 0.3 is 0 Å². The molecule has 0 radical (unpaired) electrons. The summed E-state index contributed by atoms with van der Waals surface area (Å²) in [6, 6.07) is 0. The molecule has 0 aliphatic carbocycles. The van der Waals surface area contributed by atoms with Crippen molar-refractivity contribution < 1.29 is 4.52 Å². The highest BCUT2D eigenvalue weighted by Crippen LogP contribution is 2.28. The van der Waals surface area contributed by atoms with Crippen LogP contribution in [0.5, 0.6) is 0 Å². The van der Waals surface area contributed by atoms with E-state index in [1.54, 1.807) is 11.3 Å². The van der Waals surface area contributed by atoms with Gasteiger partial charge in [0.05, 0.1) is 22.7 Å². The number of nitrogens with one attached hydrogen (secondary N) is 1. The molecule has 19 heavy (non-hydrogen) atoms. The zero-order valence-electron chi connectivity index (χ0n) is 11.3. The summed E-state index contributed by atoms with van der Waals surface area (Å²) in [6.07, 6.45) is 4.11. The molecule has 0 aromatic carbocycles. The lowest BCUT2D eigenvalue weighted by atomic mass is 9.91. The molecule has 6 heteroatoms. The second kappa shape index (κ2) is 5.02. The van der Waals surface area contributed by atoms with Crippen LogP contribution in [0.25, 0.3) is 0 Å². The Morgan fingerprint density at radius 2 is 2.32 bits per heavy atom. The molecule has 1 saturated heterocycles. The molecule has 2 aromatic rings. The van der Waals surface area contributed by atoms with E-state index in [9.17, 15) is 0 Å². The van der Waals surface area contributed by atoms with Crippen LogP contribution in [0.4, 0.5) is 0 Å². The van der Waals surface area contributed by atoms with Crippen molar-refractivity contribution in [3.05, 3.63) is 27.8 Å². The smallest absolute Gasteiger partial charge is 0.246 e. The van der Waals surface area contributed by atoms with E-state index < -0.39 is 0 Å². The van der Waals surface area contributed by atoms with Crippen molar-refractivity contribution in [2.45, 2.75) is 45.1 Å². The molecule has 0 amide bonds. The molecule has 1 fully saturated rings. The molecule has 1 aliphatic heterocycles. The van der Waals surface area contributed by atoms with E-state index in [2.05, 4.69) is 27.4 Å². The zero-order chi connectivity index (χ0) is 13.3. The number of rotatable bonds is 3. The summed E-state index contributed by atoms with van der Waals surface area (Å²) >= 11 is 1.65. The van der Waals surface area contributed by atoms with Crippen LogP contribution in [-0.2, 0) is 12.0 Å². The molecule has 1 atom stereocenters. The van der Waals surface area contributed by atoms with E-state index in [-0.39, 0.29) is 5.54 Å². The van der Waals surface area contributed by atoms with E-state index in [0.29, 0.717) is 18.1 Å². The van der Waals surface area contributed by atoms with E-state index in [1.807, 2.05) is 12.3 Å². The Labute approximate surface area is 116 Å². The third kappa shape index (κ3) is 2.69. The largest absolute Gasteiger partial charge is 0.337 e. The lowest BCUT2D eigenvalue weighted by molar-refractivity contribution is 0.206. The number of hydrogen-bond donors (Lipinski definition) is 1. The minimum absolute atomic E-state index is 0.165. The molecule has 3 rings (SSSR count). The van der Waals surface area contributed by atoms with Gasteiger partial charge in [0, 0.05) is 5.38 Å². The van der Waals surface area contributed by atoms with E-state index in [0.717, 1.165) is 23.7 Å². The molecular formula is C13H18N4OS. The van der Waals surface area contributed by atoms with Crippen LogP contribution < -0.4 is 5.32 Å². The summed E-state index contributed by atoms with van der Waals surface area (Å²) in [5.74, 6) is 1.42. The summed E-state index contributed by atoms with van der Waals surface area (Å²) in [5.41, 5.74) is 0.846. The Hall–Kier alpha value is -1.27. The summed E-state index contributed by atoms with van der Waals surface area (Å²) in [6.45, 7) is 5.15. The Kier molecular flexibility index (Phi) is 3.36. The van der Waals surface area contributed by atoms with Crippen molar-refractivity contribution in [3.63, 3.8) is 0 Å². The minimum atomic E-state index is -0.165. The summed E-state index contributed by atoms with van der Waals surface area (Å²) in [7, 11) is 0. The fourth-order valence-electron chi connectivity index (χ4n) is 2.44. The Morgan fingerprint density at radius 1 is 1.42 bits per heavy atom. The highest BCUT2D eigenvalue weighted by molar-refractivity contribution is 7.09. The molecule has 3 heterocycles. The van der Waals surface area contributed by atoms with Crippen molar-refractivity contribution in [2.75, 3.05) is 6.54 Å². The minimum Gasteiger partial charge on any atom is -0.337 e. The number of aryl methyl sites for hydroxylation is 1. The van der Waals surface area contributed by atoms with Crippen molar-refractivity contribution in [1.29, 1.82) is 0 Å². The van der Waals surface area contributed by atoms with Crippen molar-refractivity contribution in [3.8, 4) is 0 Å². The number of thiazole rings is 1. The van der Waals surface area contributed by atoms with E-state index in [1.165, 1.54) is 12.8 Å². The third-order valence-corrected chi connectivity index (χ3v) is 4.39. The SMILES string of the molecule is Cc1nc(Cc2noc(C3(C)CCCCN3)n2)cs1. The quantitative estimate of drug-likeness (QED) is 0.934. The van der Waals surface area contributed by atoms with Crippen LogP contribution in [0.1, 0.15) is 48.6 Å². The lowest BCUT2D eigenvalue weighted by Crippen LogP contribution is -2.43. The van der Waals surface area contributed by atoms with Crippen LogP contribution in [0, 0.1) is 6.92 Å². The maximum atomic E-state index is 5.44. The molecule has 0 saturated carbocycles. The predicted octanol–water partition coefficient (Wildman–Crippen LogP) is 2.41. The topological polar surface area (TPSA) is 63.8 Å². The highest BCUT2D eigenvalue weighted by Gasteiger charge is 2.34. The van der Waals surface area contributed by atoms with Crippen molar-refractivity contribution in [1.82, 2.24) is 20.4 Å². The van der Waals surface area contributed by atoms with E-state index >= 15 is 0 Å². The second-order valence-corrected chi connectivity index (χ2v) is 6.33. The first-order valence-electron chi connectivity index (χ1n) is 6.65. The first-order valence-corrected chi connectivity index (χ1v) is 7.53. The third-order valence-electron chi connectivity index (χ3n) is 3.56. The van der Waals surface area contributed by atoms with Crippen LogP contribution >= 0.6 is 11.3 Å². The Bertz CT molecular complexity index is 556. The van der Waals surface area contributed by atoms with Crippen LogP contribution in [0.15, 0.2) is 9.90 Å². The monoisotopic (exact) mass is 278 g/mol. The van der Waals surface area contributed by atoms with Gasteiger partial charge in [0.25, 0.3) is 0 Å². The second-order valence-electron chi connectivity index (χ2n) is 5.27. The van der Waals surface area contributed by atoms with Gasteiger partial charge in [0.2, 0.25) is 5.89 Å². The van der Waals surface area contributed by atoms with E-state index in [4.69, 9.17) is 4.52 Å².